The predicted octanol–water partition coefficient (Wildman–Crippen LogP) is 2.35. The molecule has 0 bridgehead atoms. The molecular weight excluding hydrogens is 182 g/mol. The van der Waals surface area contributed by atoms with E-state index in [0.717, 1.165) is 5.03 Å². The minimum Gasteiger partial charge on any atom is -0.251 e. The molecule has 1 aromatic rings. The molecule has 0 aliphatic carbocycles. The molecule has 66 valence electrons. The van der Waals surface area contributed by atoms with Gasteiger partial charge in [-0.3, -0.25) is 4.98 Å². The molecule has 0 saturated heterocycles. The number of rotatable bonds is 2. The Morgan fingerprint density at radius 2 is 1.92 bits per heavy atom. The smallest absolute Gasteiger partial charge is 0.101 e. The van der Waals surface area contributed by atoms with Crippen LogP contribution in [0.4, 0.5) is 0 Å². The van der Waals surface area contributed by atoms with Gasteiger partial charge in [-0.05, 0) is 18.4 Å². The van der Waals surface area contributed by atoms with Crippen LogP contribution in [0.5, 0.6) is 0 Å². The molecule has 0 fully saturated rings. The minimum absolute atomic E-state index is 1.13. The van der Waals surface area contributed by atoms with Crippen LogP contribution in [0.3, 0.4) is 0 Å². The van der Waals surface area contributed by atoms with Crippen LogP contribution >= 0.6 is 11.8 Å². The average Bonchev–Trinajstić information content (AvgIpc) is 2.03. The van der Waals surface area contributed by atoms with E-state index in [0.29, 0.717) is 0 Å². The summed E-state index contributed by atoms with van der Waals surface area (Å²) >= 11 is 1.71. The first-order valence-corrected chi connectivity index (χ1v) is 8.78. The third-order valence-corrected chi connectivity index (χ3v) is 4.16. The van der Waals surface area contributed by atoms with E-state index in [-0.39, 0.29) is 0 Å². The lowest BCUT2D eigenvalue weighted by Gasteiger charge is -2.15. The van der Waals surface area contributed by atoms with Gasteiger partial charge in [0.15, 0.2) is 0 Å². The van der Waals surface area contributed by atoms with E-state index in [1.165, 1.54) is 5.32 Å². The minimum atomic E-state index is -1.21. The largest absolute Gasteiger partial charge is 0.251 e. The standard InChI is InChI=1S/C9H15NSSi/c1-11-8-6-5-7-9(10-8)12(2,3)4/h5-7H,1-4H3. The third-order valence-electron chi connectivity index (χ3n) is 1.70. The second-order valence-corrected chi connectivity index (χ2v) is 9.65. The van der Waals surface area contributed by atoms with Crippen molar-refractivity contribution in [1.82, 2.24) is 4.98 Å². The maximum absolute atomic E-state index is 4.59. The molecule has 1 aromatic heterocycles. The molecule has 0 aromatic carbocycles. The van der Waals surface area contributed by atoms with Gasteiger partial charge >= 0.3 is 0 Å². The summed E-state index contributed by atoms with van der Waals surface area (Å²) < 4.78 is 0. The SMILES string of the molecule is CSc1cccc([Si](C)(C)C)n1. The summed E-state index contributed by atoms with van der Waals surface area (Å²) in [5, 5.41) is 2.43. The fraction of sp³-hybridized carbons (Fsp3) is 0.444. The van der Waals surface area contributed by atoms with Crippen molar-refractivity contribution in [3.8, 4) is 0 Å². The van der Waals surface area contributed by atoms with E-state index < -0.39 is 8.07 Å². The highest BCUT2D eigenvalue weighted by molar-refractivity contribution is 7.98. The van der Waals surface area contributed by atoms with Crippen molar-refractivity contribution in [3.05, 3.63) is 18.2 Å². The van der Waals surface area contributed by atoms with Gasteiger partial charge in [0.25, 0.3) is 0 Å². The molecule has 1 nitrogen and oxygen atoms in total. The van der Waals surface area contributed by atoms with Gasteiger partial charge in [-0.15, -0.1) is 11.8 Å². The van der Waals surface area contributed by atoms with Gasteiger partial charge in [-0.25, -0.2) is 0 Å². The Kier molecular flexibility index (Phi) is 2.96. The molecule has 12 heavy (non-hydrogen) atoms. The van der Waals surface area contributed by atoms with Crippen LogP contribution in [-0.2, 0) is 0 Å². The van der Waals surface area contributed by atoms with Crippen molar-refractivity contribution in [2.75, 3.05) is 6.26 Å². The van der Waals surface area contributed by atoms with Gasteiger partial charge in [0.1, 0.15) is 8.07 Å². The molecule has 0 amide bonds. The normalized spacial score (nSPS) is 11.7. The Morgan fingerprint density at radius 1 is 1.25 bits per heavy atom. The molecule has 0 atom stereocenters. The zero-order valence-electron chi connectivity index (χ0n) is 8.09. The van der Waals surface area contributed by atoms with E-state index >= 15 is 0 Å². The number of nitrogens with zero attached hydrogens (tertiary/aromatic N) is 1. The topological polar surface area (TPSA) is 12.9 Å². The first-order valence-electron chi connectivity index (χ1n) is 4.05. The van der Waals surface area contributed by atoms with Gasteiger partial charge in [0.2, 0.25) is 0 Å². The summed E-state index contributed by atoms with van der Waals surface area (Å²) in [4.78, 5) is 4.59. The summed E-state index contributed by atoms with van der Waals surface area (Å²) in [6.07, 6.45) is 2.07. The van der Waals surface area contributed by atoms with Crippen molar-refractivity contribution in [3.63, 3.8) is 0 Å². The van der Waals surface area contributed by atoms with Gasteiger partial charge in [-0.2, -0.15) is 0 Å². The van der Waals surface area contributed by atoms with Crippen molar-refractivity contribution in [2.45, 2.75) is 24.7 Å². The van der Waals surface area contributed by atoms with Gasteiger partial charge < -0.3 is 0 Å². The van der Waals surface area contributed by atoms with E-state index in [1.807, 2.05) is 0 Å². The quantitative estimate of drug-likeness (QED) is 0.533. The molecule has 0 radical (unpaired) electrons. The van der Waals surface area contributed by atoms with Crippen molar-refractivity contribution in [1.29, 1.82) is 0 Å². The molecule has 0 N–H and O–H groups in total. The number of hydrogen-bond donors (Lipinski definition) is 0. The summed E-state index contributed by atoms with van der Waals surface area (Å²) in [5.41, 5.74) is 0. The Balaban J connectivity index is 3.02. The molecule has 0 unspecified atom stereocenters. The molecule has 0 aliphatic heterocycles. The van der Waals surface area contributed by atoms with Crippen LogP contribution in [0, 0.1) is 0 Å². The fourth-order valence-electron chi connectivity index (χ4n) is 0.946. The summed E-state index contributed by atoms with van der Waals surface area (Å²) in [7, 11) is -1.21. The monoisotopic (exact) mass is 197 g/mol. The summed E-state index contributed by atoms with van der Waals surface area (Å²) in [5.74, 6) is 0. The van der Waals surface area contributed by atoms with E-state index in [1.54, 1.807) is 11.8 Å². The Morgan fingerprint density at radius 3 is 2.42 bits per heavy atom. The highest BCUT2D eigenvalue weighted by Crippen LogP contribution is 2.09. The molecule has 0 spiro atoms. The Hall–Kier alpha value is -0.283. The van der Waals surface area contributed by atoms with Crippen molar-refractivity contribution in [2.24, 2.45) is 0 Å². The molecule has 0 saturated carbocycles. The lowest BCUT2D eigenvalue weighted by Crippen LogP contribution is -2.39. The van der Waals surface area contributed by atoms with E-state index in [2.05, 4.69) is 49.1 Å². The van der Waals surface area contributed by atoms with Crippen LogP contribution in [-0.4, -0.2) is 19.3 Å². The van der Waals surface area contributed by atoms with E-state index in [9.17, 15) is 0 Å². The second-order valence-electron chi connectivity index (χ2n) is 3.82. The Bertz CT molecular complexity index is 267. The van der Waals surface area contributed by atoms with Crippen molar-refractivity contribution < 1.29 is 0 Å². The lowest BCUT2D eigenvalue weighted by atomic mass is 10.5. The third kappa shape index (κ3) is 2.35. The first kappa shape index (κ1) is 9.80. The number of hydrogen-bond acceptors (Lipinski definition) is 2. The molecule has 1 rings (SSSR count). The van der Waals surface area contributed by atoms with Gasteiger partial charge in [-0.1, -0.05) is 25.7 Å². The summed E-state index contributed by atoms with van der Waals surface area (Å²) in [6.45, 7) is 6.96. The number of thioether (sulfide) groups is 1. The van der Waals surface area contributed by atoms with Gasteiger partial charge in [0.05, 0.1) is 5.03 Å². The average molecular weight is 197 g/mol. The molecule has 0 aliphatic rings. The second kappa shape index (κ2) is 3.62. The van der Waals surface area contributed by atoms with Crippen LogP contribution in [0.1, 0.15) is 0 Å². The summed E-state index contributed by atoms with van der Waals surface area (Å²) in [6, 6.07) is 6.31. The number of aromatic nitrogens is 1. The van der Waals surface area contributed by atoms with Crippen LogP contribution < -0.4 is 5.32 Å². The van der Waals surface area contributed by atoms with Gasteiger partial charge in [0, 0.05) is 5.32 Å². The molecular formula is C9H15NSSi. The highest BCUT2D eigenvalue weighted by atomic mass is 32.2. The zero-order valence-corrected chi connectivity index (χ0v) is 9.90. The zero-order chi connectivity index (χ0) is 9.19. The fourth-order valence-corrected chi connectivity index (χ4v) is 2.48. The van der Waals surface area contributed by atoms with E-state index in [4.69, 9.17) is 0 Å². The number of pyridine rings is 1. The van der Waals surface area contributed by atoms with Crippen LogP contribution in [0.15, 0.2) is 23.2 Å². The van der Waals surface area contributed by atoms with Crippen molar-refractivity contribution >= 4 is 25.2 Å². The molecule has 1 heterocycles. The first-order chi connectivity index (χ1) is 5.54. The highest BCUT2D eigenvalue weighted by Gasteiger charge is 2.17. The Labute approximate surface area is 79.6 Å². The maximum atomic E-state index is 4.59. The molecule has 3 heteroatoms. The predicted molar refractivity (Wildman–Crippen MR) is 59.0 cm³/mol. The van der Waals surface area contributed by atoms with Crippen LogP contribution in [0.25, 0.3) is 0 Å². The lowest BCUT2D eigenvalue weighted by molar-refractivity contribution is 1.16. The van der Waals surface area contributed by atoms with Crippen LogP contribution in [0.2, 0.25) is 19.6 Å². The maximum Gasteiger partial charge on any atom is 0.101 e.